The summed E-state index contributed by atoms with van der Waals surface area (Å²) in [5, 5.41) is 8.87. The van der Waals surface area contributed by atoms with Gasteiger partial charge in [-0.05, 0) is 42.7 Å². The summed E-state index contributed by atoms with van der Waals surface area (Å²) < 4.78 is 2.80. The van der Waals surface area contributed by atoms with Gasteiger partial charge in [-0.3, -0.25) is 0 Å². The van der Waals surface area contributed by atoms with Gasteiger partial charge < -0.3 is 0 Å². The van der Waals surface area contributed by atoms with Gasteiger partial charge in [-0.2, -0.15) is 5.26 Å². The molecule has 0 bridgehead atoms. The van der Waals surface area contributed by atoms with Crippen LogP contribution < -0.4 is 0 Å². The van der Waals surface area contributed by atoms with Crippen molar-refractivity contribution in [3.8, 4) is 16.5 Å². The van der Waals surface area contributed by atoms with Gasteiger partial charge in [0, 0.05) is 19.2 Å². The largest absolute Gasteiger partial charge is 0.192 e. The molecule has 1 nitrogen and oxygen atoms in total. The zero-order valence-corrected chi connectivity index (χ0v) is 14.4. The first-order valence-corrected chi connectivity index (χ1v) is 9.46. The van der Waals surface area contributed by atoms with E-state index in [1.165, 1.54) is 56.8 Å². The Morgan fingerprint density at radius 2 is 1.73 bits per heavy atom. The van der Waals surface area contributed by atoms with Crippen LogP contribution in [0.15, 0.2) is 36.4 Å². The second kappa shape index (κ2) is 7.09. The summed E-state index contributed by atoms with van der Waals surface area (Å²) in [6, 6.07) is 14.7. The molecule has 0 unspecified atom stereocenters. The van der Waals surface area contributed by atoms with Crippen molar-refractivity contribution < 1.29 is 0 Å². The Kier molecular flexibility index (Phi) is 4.92. The van der Waals surface area contributed by atoms with Crippen LogP contribution in [-0.2, 0) is 6.42 Å². The van der Waals surface area contributed by atoms with E-state index in [4.69, 9.17) is 5.26 Å². The van der Waals surface area contributed by atoms with Crippen molar-refractivity contribution in [2.24, 2.45) is 0 Å². The van der Waals surface area contributed by atoms with Crippen molar-refractivity contribution in [3.05, 3.63) is 46.8 Å². The van der Waals surface area contributed by atoms with Gasteiger partial charge in [-0.1, -0.05) is 38.3 Å². The molecular formula is C19H19NS2. The first-order valence-electron chi connectivity index (χ1n) is 7.83. The quantitative estimate of drug-likeness (QED) is 0.467. The highest BCUT2D eigenvalue weighted by molar-refractivity contribution is 7.29. The highest BCUT2D eigenvalue weighted by Crippen LogP contribution is 2.38. The van der Waals surface area contributed by atoms with Gasteiger partial charge in [0.2, 0.25) is 0 Å². The topological polar surface area (TPSA) is 23.8 Å². The molecule has 0 fully saturated rings. The number of benzene rings is 1. The van der Waals surface area contributed by atoms with E-state index in [1.54, 1.807) is 0 Å². The zero-order valence-electron chi connectivity index (χ0n) is 12.8. The SMILES string of the molecule is CCCCCCc1cc2sc(-c3ccc(C#N)cc3)cc2s1. The minimum Gasteiger partial charge on any atom is -0.192 e. The maximum absolute atomic E-state index is 8.87. The molecule has 0 amide bonds. The smallest absolute Gasteiger partial charge is 0.0991 e. The fraction of sp³-hybridized carbons (Fsp3) is 0.316. The molecule has 0 aliphatic heterocycles. The van der Waals surface area contributed by atoms with Gasteiger partial charge in [0.1, 0.15) is 0 Å². The summed E-state index contributed by atoms with van der Waals surface area (Å²) in [6.45, 7) is 2.26. The van der Waals surface area contributed by atoms with Crippen LogP contribution in [-0.4, -0.2) is 0 Å². The standard InChI is InChI=1S/C19H19NS2/c1-2-3-4-5-6-16-11-18-19(21-16)12-17(22-18)15-9-7-14(13-20)8-10-15/h7-12H,2-6H2,1H3. The Hall–Kier alpha value is -1.63. The van der Waals surface area contributed by atoms with E-state index in [-0.39, 0.29) is 0 Å². The lowest BCUT2D eigenvalue weighted by Crippen LogP contribution is -1.80. The lowest BCUT2D eigenvalue weighted by atomic mass is 10.1. The van der Waals surface area contributed by atoms with E-state index in [1.807, 2.05) is 46.9 Å². The second-order valence-corrected chi connectivity index (χ2v) is 7.80. The molecule has 3 heteroatoms. The van der Waals surface area contributed by atoms with Crippen LogP contribution in [0.2, 0.25) is 0 Å². The van der Waals surface area contributed by atoms with Gasteiger partial charge in [0.05, 0.1) is 11.6 Å². The number of hydrogen-bond donors (Lipinski definition) is 0. The Labute approximate surface area is 139 Å². The molecule has 112 valence electrons. The Bertz CT molecular complexity index is 756. The normalized spacial score (nSPS) is 10.9. The van der Waals surface area contributed by atoms with Crippen LogP contribution in [0.25, 0.3) is 19.8 Å². The van der Waals surface area contributed by atoms with Gasteiger partial charge in [0.15, 0.2) is 0 Å². The molecule has 0 atom stereocenters. The van der Waals surface area contributed by atoms with Gasteiger partial charge in [-0.25, -0.2) is 0 Å². The summed E-state index contributed by atoms with van der Waals surface area (Å²) in [5.41, 5.74) is 1.92. The number of hydrogen-bond acceptors (Lipinski definition) is 3. The maximum Gasteiger partial charge on any atom is 0.0991 e. The number of aryl methyl sites for hydroxylation is 1. The molecule has 0 aliphatic rings. The Balaban J connectivity index is 1.73. The molecule has 0 aliphatic carbocycles. The van der Waals surface area contributed by atoms with Gasteiger partial charge >= 0.3 is 0 Å². The highest BCUT2D eigenvalue weighted by atomic mass is 32.1. The van der Waals surface area contributed by atoms with Crippen molar-refractivity contribution in [1.82, 2.24) is 0 Å². The third-order valence-electron chi connectivity index (χ3n) is 3.83. The maximum atomic E-state index is 8.87. The number of rotatable bonds is 6. The van der Waals surface area contributed by atoms with Crippen LogP contribution in [0.4, 0.5) is 0 Å². The van der Waals surface area contributed by atoms with Gasteiger partial charge in [-0.15, -0.1) is 22.7 Å². The van der Waals surface area contributed by atoms with Crippen LogP contribution in [0.5, 0.6) is 0 Å². The molecule has 2 aromatic heterocycles. The van der Waals surface area contributed by atoms with Crippen molar-refractivity contribution in [3.63, 3.8) is 0 Å². The molecule has 3 aromatic rings. The summed E-state index contributed by atoms with van der Waals surface area (Å²) in [7, 11) is 0. The third-order valence-corrected chi connectivity index (χ3v) is 6.24. The number of nitriles is 1. The first-order chi connectivity index (χ1) is 10.8. The van der Waals surface area contributed by atoms with Crippen LogP contribution in [0.1, 0.15) is 43.0 Å². The Morgan fingerprint density at radius 3 is 2.41 bits per heavy atom. The number of thiophene rings is 2. The lowest BCUT2D eigenvalue weighted by Gasteiger charge is -1.97. The van der Waals surface area contributed by atoms with E-state index >= 15 is 0 Å². The van der Waals surface area contributed by atoms with Crippen LogP contribution in [0.3, 0.4) is 0 Å². The lowest BCUT2D eigenvalue weighted by molar-refractivity contribution is 0.670. The zero-order chi connectivity index (χ0) is 15.4. The van der Waals surface area contributed by atoms with Gasteiger partial charge in [0.25, 0.3) is 0 Å². The molecular weight excluding hydrogens is 306 g/mol. The molecule has 0 saturated heterocycles. The van der Waals surface area contributed by atoms with Crippen molar-refractivity contribution >= 4 is 32.1 Å². The number of nitrogens with zero attached hydrogens (tertiary/aromatic N) is 1. The van der Waals surface area contributed by atoms with E-state index in [9.17, 15) is 0 Å². The van der Waals surface area contributed by atoms with E-state index in [2.05, 4.69) is 25.1 Å². The summed E-state index contributed by atoms with van der Waals surface area (Å²) in [4.78, 5) is 2.81. The van der Waals surface area contributed by atoms with E-state index in [0.29, 0.717) is 0 Å². The monoisotopic (exact) mass is 325 g/mol. The van der Waals surface area contributed by atoms with Crippen molar-refractivity contribution in [2.45, 2.75) is 39.0 Å². The molecule has 0 saturated carbocycles. The molecule has 0 spiro atoms. The van der Waals surface area contributed by atoms with Crippen molar-refractivity contribution in [1.29, 1.82) is 5.26 Å². The third kappa shape index (κ3) is 3.40. The highest BCUT2D eigenvalue weighted by Gasteiger charge is 2.08. The molecule has 3 rings (SSSR count). The fourth-order valence-electron chi connectivity index (χ4n) is 2.59. The molecule has 1 aromatic carbocycles. The second-order valence-electron chi connectivity index (χ2n) is 5.55. The predicted molar refractivity (Wildman–Crippen MR) is 97.7 cm³/mol. The minimum absolute atomic E-state index is 0.719. The van der Waals surface area contributed by atoms with E-state index < -0.39 is 0 Å². The fourth-order valence-corrected chi connectivity index (χ4v) is 5.06. The van der Waals surface area contributed by atoms with E-state index in [0.717, 1.165) is 5.56 Å². The number of fused-ring (bicyclic) bond motifs is 1. The van der Waals surface area contributed by atoms with Crippen LogP contribution >= 0.6 is 22.7 Å². The van der Waals surface area contributed by atoms with Crippen molar-refractivity contribution in [2.75, 3.05) is 0 Å². The first kappa shape index (κ1) is 15.3. The minimum atomic E-state index is 0.719. The average molecular weight is 326 g/mol. The van der Waals surface area contributed by atoms with Crippen LogP contribution in [0, 0.1) is 11.3 Å². The molecule has 22 heavy (non-hydrogen) atoms. The average Bonchev–Trinajstić information content (AvgIpc) is 3.10. The molecule has 2 heterocycles. The molecule has 0 N–H and O–H groups in total. The number of unbranched alkanes of at least 4 members (excludes halogenated alkanes) is 3. The predicted octanol–water partition coefficient (Wildman–Crippen LogP) is 6.62. The molecule has 0 radical (unpaired) electrons. The summed E-state index contributed by atoms with van der Waals surface area (Å²) >= 11 is 3.79. The Morgan fingerprint density at radius 1 is 0.955 bits per heavy atom. The summed E-state index contributed by atoms with van der Waals surface area (Å²) in [5.74, 6) is 0. The summed E-state index contributed by atoms with van der Waals surface area (Å²) in [6.07, 6.45) is 6.52.